The highest BCUT2D eigenvalue weighted by molar-refractivity contribution is 9.10. The Hall–Kier alpha value is -0.740. The highest BCUT2D eigenvalue weighted by atomic mass is 79.9. The standard InChI is InChI=1S/C11H13BrClNO2/c1-2-3-9(11(15)16)14-10-6-7(13)4-5-8(10)12/h4-6,9,14H,2-3H2,1H3,(H,15,16). The van der Waals surface area contributed by atoms with E-state index in [1.807, 2.05) is 6.92 Å². The van der Waals surface area contributed by atoms with Crippen molar-refractivity contribution in [3.05, 3.63) is 27.7 Å². The third kappa shape index (κ3) is 3.68. The van der Waals surface area contributed by atoms with E-state index in [9.17, 15) is 4.79 Å². The van der Waals surface area contributed by atoms with E-state index in [1.54, 1.807) is 18.2 Å². The molecule has 0 aliphatic rings. The van der Waals surface area contributed by atoms with Crippen LogP contribution in [0, 0.1) is 0 Å². The number of benzene rings is 1. The zero-order chi connectivity index (χ0) is 12.1. The Kier molecular flexibility index (Phi) is 5.09. The maximum atomic E-state index is 11.0. The van der Waals surface area contributed by atoms with Gasteiger partial charge in [-0.1, -0.05) is 24.9 Å². The van der Waals surface area contributed by atoms with Crippen molar-refractivity contribution >= 4 is 39.2 Å². The summed E-state index contributed by atoms with van der Waals surface area (Å²) in [5, 5.41) is 12.5. The van der Waals surface area contributed by atoms with Gasteiger partial charge in [0.15, 0.2) is 0 Å². The number of carbonyl (C=O) groups is 1. The molecule has 1 unspecified atom stereocenters. The van der Waals surface area contributed by atoms with E-state index in [2.05, 4.69) is 21.2 Å². The first-order chi connectivity index (χ1) is 7.54. The van der Waals surface area contributed by atoms with E-state index in [1.165, 1.54) is 0 Å². The summed E-state index contributed by atoms with van der Waals surface area (Å²) in [4.78, 5) is 11.0. The fourth-order valence-electron chi connectivity index (χ4n) is 1.34. The first-order valence-electron chi connectivity index (χ1n) is 4.99. The Morgan fingerprint density at radius 3 is 2.88 bits per heavy atom. The van der Waals surface area contributed by atoms with Crippen LogP contribution in [0.1, 0.15) is 19.8 Å². The Bertz CT molecular complexity index is 384. The van der Waals surface area contributed by atoms with Crippen LogP contribution in [-0.4, -0.2) is 17.1 Å². The quantitative estimate of drug-likeness (QED) is 0.870. The van der Waals surface area contributed by atoms with Crippen molar-refractivity contribution in [1.82, 2.24) is 0 Å². The summed E-state index contributed by atoms with van der Waals surface area (Å²) in [7, 11) is 0. The minimum atomic E-state index is -0.853. The lowest BCUT2D eigenvalue weighted by Crippen LogP contribution is -2.29. The average Bonchev–Trinajstić information content (AvgIpc) is 2.22. The van der Waals surface area contributed by atoms with Gasteiger partial charge in [0.05, 0.1) is 5.69 Å². The van der Waals surface area contributed by atoms with Gasteiger partial charge < -0.3 is 10.4 Å². The first kappa shape index (κ1) is 13.3. The van der Waals surface area contributed by atoms with Crippen molar-refractivity contribution in [3.63, 3.8) is 0 Å². The van der Waals surface area contributed by atoms with Crippen LogP contribution in [0.25, 0.3) is 0 Å². The molecule has 16 heavy (non-hydrogen) atoms. The first-order valence-corrected chi connectivity index (χ1v) is 6.16. The Labute approximate surface area is 108 Å². The van der Waals surface area contributed by atoms with E-state index in [-0.39, 0.29) is 0 Å². The predicted molar refractivity (Wildman–Crippen MR) is 69.1 cm³/mol. The Balaban J connectivity index is 2.84. The summed E-state index contributed by atoms with van der Waals surface area (Å²) in [5.74, 6) is -0.853. The molecule has 1 aromatic rings. The van der Waals surface area contributed by atoms with Crippen molar-refractivity contribution in [3.8, 4) is 0 Å². The molecule has 0 fully saturated rings. The second kappa shape index (κ2) is 6.11. The fraction of sp³-hybridized carbons (Fsp3) is 0.364. The molecule has 0 aliphatic heterocycles. The number of hydrogen-bond acceptors (Lipinski definition) is 2. The van der Waals surface area contributed by atoms with Crippen LogP contribution in [0.5, 0.6) is 0 Å². The molecule has 0 saturated heterocycles. The summed E-state index contributed by atoms with van der Waals surface area (Å²) >= 11 is 9.19. The third-order valence-corrected chi connectivity index (χ3v) is 3.06. The molecule has 1 aromatic carbocycles. The van der Waals surface area contributed by atoms with Crippen molar-refractivity contribution in [1.29, 1.82) is 0 Å². The lowest BCUT2D eigenvalue weighted by molar-refractivity contribution is -0.138. The highest BCUT2D eigenvalue weighted by Gasteiger charge is 2.16. The molecule has 0 bridgehead atoms. The van der Waals surface area contributed by atoms with Gasteiger partial charge in [-0.05, 0) is 40.5 Å². The van der Waals surface area contributed by atoms with Gasteiger partial charge in [-0.2, -0.15) is 0 Å². The zero-order valence-electron chi connectivity index (χ0n) is 8.84. The van der Waals surface area contributed by atoms with Crippen LogP contribution in [-0.2, 0) is 4.79 Å². The third-order valence-electron chi connectivity index (χ3n) is 2.13. The number of rotatable bonds is 5. The molecule has 0 aliphatic carbocycles. The largest absolute Gasteiger partial charge is 0.480 e. The molecule has 0 heterocycles. The minimum absolute atomic E-state index is 0.575. The number of anilines is 1. The number of carboxylic acids is 1. The molecule has 0 saturated carbocycles. The molecular formula is C11H13BrClNO2. The van der Waals surface area contributed by atoms with Gasteiger partial charge in [-0.15, -0.1) is 0 Å². The van der Waals surface area contributed by atoms with Crippen LogP contribution < -0.4 is 5.32 Å². The van der Waals surface area contributed by atoms with Gasteiger partial charge in [0.2, 0.25) is 0 Å². The Morgan fingerprint density at radius 1 is 1.62 bits per heavy atom. The zero-order valence-corrected chi connectivity index (χ0v) is 11.2. The number of aliphatic carboxylic acids is 1. The van der Waals surface area contributed by atoms with Gasteiger partial charge in [0.25, 0.3) is 0 Å². The summed E-state index contributed by atoms with van der Waals surface area (Å²) in [6.07, 6.45) is 1.39. The van der Waals surface area contributed by atoms with Crippen LogP contribution >= 0.6 is 27.5 Å². The lowest BCUT2D eigenvalue weighted by atomic mass is 10.1. The van der Waals surface area contributed by atoms with Gasteiger partial charge in [-0.25, -0.2) is 4.79 Å². The minimum Gasteiger partial charge on any atom is -0.480 e. The molecule has 3 nitrogen and oxygen atoms in total. The van der Waals surface area contributed by atoms with E-state index < -0.39 is 12.0 Å². The second-order valence-electron chi connectivity index (χ2n) is 3.45. The van der Waals surface area contributed by atoms with Crippen molar-refractivity contribution < 1.29 is 9.90 Å². The monoisotopic (exact) mass is 305 g/mol. The summed E-state index contributed by atoms with van der Waals surface area (Å²) < 4.78 is 0.805. The van der Waals surface area contributed by atoms with E-state index >= 15 is 0 Å². The number of halogens is 2. The fourth-order valence-corrected chi connectivity index (χ4v) is 1.88. The van der Waals surface area contributed by atoms with Crippen LogP contribution in [0.15, 0.2) is 22.7 Å². The molecule has 0 radical (unpaired) electrons. The molecule has 88 valence electrons. The van der Waals surface area contributed by atoms with Crippen molar-refractivity contribution in [2.45, 2.75) is 25.8 Å². The number of carboxylic acid groups (broad SMARTS) is 1. The van der Waals surface area contributed by atoms with Gasteiger partial charge >= 0.3 is 5.97 Å². The predicted octanol–water partition coefficient (Wildman–Crippen LogP) is 3.77. The van der Waals surface area contributed by atoms with Crippen molar-refractivity contribution in [2.75, 3.05) is 5.32 Å². The summed E-state index contributed by atoms with van der Waals surface area (Å²) in [5.41, 5.74) is 0.702. The van der Waals surface area contributed by atoms with E-state index in [4.69, 9.17) is 16.7 Å². The Morgan fingerprint density at radius 2 is 2.31 bits per heavy atom. The molecule has 2 N–H and O–H groups in total. The van der Waals surface area contributed by atoms with E-state index in [0.717, 1.165) is 10.9 Å². The molecule has 1 rings (SSSR count). The summed E-state index contributed by atoms with van der Waals surface area (Å²) in [6, 6.07) is 4.65. The molecule has 5 heteroatoms. The smallest absolute Gasteiger partial charge is 0.326 e. The maximum Gasteiger partial charge on any atom is 0.326 e. The second-order valence-corrected chi connectivity index (χ2v) is 4.74. The van der Waals surface area contributed by atoms with Gasteiger partial charge in [0.1, 0.15) is 6.04 Å². The topological polar surface area (TPSA) is 49.3 Å². The molecule has 0 aromatic heterocycles. The number of hydrogen-bond donors (Lipinski definition) is 2. The SMILES string of the molecule is CCCC(Nc1cc(Cl)ccc1Br)C(=O)O. The summed E-state index contributed by atoms with van der Waals surface area (Å²) in [6.45, 7) is 1.95. The highest BCUT2D eigenvalue weighted by Crippen LogP contribution is 2.26. The van der Waals surface area contributed by atoms with Crippen LogP contribution in [0.4, 0.5) is 5.69 Å². The van der Waals surface area contributed by atoms with Gasteiger partial charge in [0, 0.05) is 9.50 Å². The van der Waals surface area contributed by atoms with Crippen LogP contribution in [0.2, 0.25) is 5.02 Å². The normalized spacial score (nSPS) is 12.2. The maximum absolute atomic E-state index is 11.0. The average molecular weight is 307 g/mol. The lowest BCUT2D eigenvalue weighted by Gasteiger charge is -2.16. The molecule has 1 atom stereocenters. The van der Waals surface area contributed by atoms with Crippen molar-refractivity contribution in [2.24, 2.45) is 0 Å². The number of nitrogens with one attached hydrogen (secondary N) is 1. The van der Waals surface area contributed by atoms with E-state index in [0.29, 0.717) is 17.1 Å². The molecule has 0 amide bonds. The molecule has 0 spiro atoms. The van der Waals surface area contributed by atoms with Crippen LogP contribution in [0.3, 0.4) is 0 Å². The van der Waals surface area contributed by atoms with Gasteiger partial charge in [-0.3, -0.25) is 0 Å². The molecular weight excluding hydrogens is 293 g/mol.